The van der Waals surface area contributed by atoms with E-state index < -0.39 is 0 Å². The molecule has 0 saturated carbocycles. The topological polar surface area (TPSA) is 96.7 Å². The number of rotatable bonds is 5. The molecule has 2 N–H and O–H groups in total. The van der Waals surface area contributed by atoms with E-state index in [-0.39, 0.29) is 36.0 Å². The zero-order valence-electron chi connectivity index (χ0n) is 18.2. The number of hydrogen-bond donors (Lipinski definition) is 2. The second-order valence-corrected chi connectivity index (χ2v) is 8.77. The third kappa shape index (κ3) is 5.60. The van der Waals surface area contributed by atoms with E-state index >= 15 is 0 Å². The average molecular weight is 415 g/mol. The Morgan fingerprint density at radius 1 is 1.13 bits per heavy atom. The molecule has 1 aromatic heterocycles. The zero-order valence-corrected chi connectivity index (χ0v) is 18.2. The summed E-state index contributed by atoms with van der Waals surface area (Å²) in [5, 5.41) is 9.70. The molecule has 2 aromatic rings. The number of nitrogens with one attached hydrogen (secondary N) is 2. The fraction of sp³-hybridized carbons (Fsp3) is 0.500. The van der Waals surface area contributed by atoms with Gasteiger partial charge in [0, 0.05) is 35.8 Å². The molecule has 2 heterocycles. The molecular weight excluding hydrogens is 384 g/mol. The SMILES string of the molecule is CC1CN(C(=O)c2ccc(NCC(=O)Nc3cc(C(C)(C)C)no3)cc2)CC(C)O1. The molecule has 2 amide bonds. The Balaban J connectivity index is 1.51. The van der Waals surface area contributed by atoms with E-state index in [0.717, 1.165) is 11.4 Å². The summed E-state index contributed by atoms with van der Waals surface area (Å²) < 4.78 is 10.9. The highest BCUT2D eigenvalue weighted by molar-refractivity contribution is 5.95. The van der Waals surface area contributed by atoms with Crippen molar-refractivity contribution in [1.82, 2.24) is 10.1 Å². The van der Waals surface area contributed by atoms with Crippen LogP contribution in [-0.4, -0.2) is 53.7 Å². The van der Waals surface area contributed by atoms with Crippen molar-refractivity contribution in [1.29, 1.82) is 0 Å². The molecule has 162 valence electrons. The molecule has 2 unspecified atom stereocenters. The van der Waals surface area contributed by atoms with Gasteiger partial charge in [-0.2, -0.15) is 0 Å². The van der Waals surface area contributed by atoms with Gasteiger partial charge in [-0.25, -0.2) is 0 Å². The molecule has 3 rings (SSSR count). The Bertz CT molecular complexity index is 875. The monoisotopic (exact) mass is 414 g/mol. The van der Waals surface area contributed by atoms with E-state index in [4.69, 9.17) is 9.26 Å². The second-order valence-electron chi connectivity index (χ2n) is 8.77. The number of aromatic nitrogens is 1. The Hall–Kier alpha value is -2.87. The van der Waals surface area contributed by atoms with Crippen molar-refractivity contribution in [3.8, 4) is 0 Å². The summed E-state index contributed by atoms with van der Waals surface area (Å²) in [6, 6.07) is 8.84. The maximum atomic E-state index is 12.7. The predicted octanol–water partition coefficient (Wildman–Crippen LogP) is 3.27. The van der Waals surface area contributed by atoms with Crippen molar-refractivity contribution in [3.05, 3.63) is 41.6 Å². The van der Waals surface area contributed by atoms with Crippen LogP contribution in [0, 0.1) is 0 Å². The van der Waals surface area contributed by atoms with Crippen LogP contribution < -0.4 is 10.6 Å². The van der Waals surface area contributed by atoms with Gasteiger partial charge in [0.2, 0.25) is 11.8 Å². The molecule has 0 aliphatic carbocycles. The molecule has 8 nitrogen and oxygen atoms in total. The zero-order chi connectivity index (χ0) is 21.9. The van der Waals surface area contributed by atoms with Gasteiger partial charge < -0.3 is 19.5 Å². The molecule has 1 fully saturated rings. The van der Waals surface area contributed by atoms with Gasteiger partial charge in [0.15, 0.2) is 0 Å². The minimum atomic E-state index is -0.247. The number of amides is 2. The second kappa shape index (κ2) is 8.87. The molecule has 2 atom stereocenters. The van der Waals surface area contributed by atoms with Crippen molar-refractivity contribution < 1.29 is 18.8 Å². The van der Waals surface area contributed by atoms with Gasteiger partial charge in [-0.05, 0) is 38.1 Å². The molecule has 1 aromatic carbocycles. The minimum absolute atomic E-state index is 0.0127. The van der Waals surface area contributed by atoms with Gasteiger partial charge in [-0.3, -0.25) is 14.9 Å². The molecule has 1 saturated heterocycles. The van der Waals surface area contributed by atoms with Gasteiger partial charge in [0.25, 0.3) is 5.91 Å². The van der Waals surface area contributed by atoms with Crippen molar-refractivity contribution in [3.63, 3.8) is 0 Å². The van der Waals surface area contributed by atoms with Crippen LogP contribution in [0.3, 0.4) is 0 Å². The van der Waals surface area contributed by atoms with Crippen LogP contribution >= 0.6 is 0 Å². The Morgan fingerprint density at radius 3 is 2.33 bits per heavy atom. The Morgan fingerprint density at radius 2 is 1.77 bits per heavy atom. The van der Waals surface area contributed by atoms with Crippen LogP contribution in [0.1, 0.15) is 50.7 Å². The number of morpholine rings is 1. The van der Waals surface area contributed by atoms with Crippen LogP contribution in [0.25, 0.3) is 0 Å². The first-order valence-corrected chi connectivity index (χ1v) is 10.2. The lowest BCUT2D eigenvalue weighted by Gasteiger charge is -2.35. The highest BCUT2D eigenvalue weighted by Gasteiger charge is 2.26. The Kier molecular flexibility index (Phi) is 6.45. The van der Waals surface area contributed by atoms with E-state index in [0.29, 0.717) is 24.5 Å². The quantitative estimate of drug-likeness (QED) is 0.779. The van der Waals surface area contributed by atoms with Crippen LogP contribution in [0.2, 0.25) is 0 Å². The number of benzene rings is 1. The first-order chi connectivity index (χ1) is 14.1. The lowest BCUT2D eigenvalue weighted by atomic mass is 9.92. The third-order valence-corrected chi connectivity index (χ3v) is 4.83. The molecule has 0 bridgehead atoms. The number of anilines is 2. The minimum Gasteiger partial charge on any atom is -0.376 e. The van der Waals surface area contributed by atoms with Crippen LogP contribution in [0.5, 0.6) is 0 Å². The highest BCUT2D eigenvalue weighted by atomic mass is 16.5. The van der Waals surface area contributed by atoms with Crippen LogP contribution in [-0.2, 0) is 14.9 Å². The van der Waals surface area contributed by atoms with E-state index in [2.05, 4.69) is 15.8 Å². The first-order valence-electron chi connectivity index (χ1n) is 10.2. The third-order valence-electron chi connectivity index (χ3n) is 4.83. The maximum absolute atomic E-state index is 12.7. The van der Waals surface area contributed by atoms with Gasteiger partial charge in [-0.1, -0.05) is 25.9 Å². The smallest absolute Gasteiger partial charge is 0.254 e. The van der Waals surface area contributed by atoms with Crippen LogP contribution in [0.15, 0.2) is 34.9 Å². The fourth-order valence-electron chi connectivity index (χ4n) is 3.31. The Labute approximate surface area is 176 Å². The van der Waals surface area contributed by atoms with E-state index in [1.54, 1.807) is 30.3 Å². The maximum Gasteiger partial charge on any atom is 0.254 e. The van der Waals surface area contributed by atoms with Crippen molar-refractivity contribution in [2.45, 2.75) is 52.2 Å². The first kappa shape index (κ1) is 21.8. The van der Waals surface area contributed by atoms with Crippen molar-refractivity contribution in [2.24, 2.45) is 0 Å². The lowest BCUT2D eigenvalue weighted by molar-refractivity contribution is -0.114. The standard InChI is InChI=1S/C22H30N4O4/c1-14-12-26(13-15(2)29-14)21(28)16-6-8-17(9-7-16)23-11-19(27)24-20-10-18(25-30-20)22(3,4)5/h6-10,14-15,23H,11-13H2,1-5H3,(H,24,27). The fourth-order valence-corrected chi connectivity index (χ4v) is 3.31. The molecule has 0 radical (unpaired) electrons. The summed E-state index contributed by atoms with van der Waals surface area (Å²) in [5.41, 5.74) is 1.98. The van der Waals surface area contributed by atoms with Gasteiger partial charge in [-0.15, -0.1) is 0 Å². The van der Waals surface area contributed by atoms with Gasteiger partial charge in [0.1, 0.15) is 0 Å². The number of carbonyl (C=O) groups is 2. The van der Waals surface area contributed by atoms with Crippen molar-refractivity contribution in [2.75, 3.05) is 30.3 Å². The van der Waals surface area contributed by atoms with Gasteiger partial charge in [0.05, 0.1) is 24.4 Å². The molecule has 0 spiro atoms. The number of ether oxygens (including phenoxy) is 1. The number of carbonyl (C=O) groups excluding carboxylic acids is 2. The number of hydrogen-bond acceptors (Lipinski definition) is 6. The molecule has 8 heteroatoms. The van der Waals surface area contributed by atoms with Crippen LogP contribution in [0.4, 0.5) is 11.6 Å². The highest BCUT2D eigenvalue weighted by Crippen LogP contribution is 2.23. The summed E-state index contributed by atoms with van der Waals surface area (Å²) in [5.74, 6) is 0.0611. The van der Waals surface area contributed by atoms with E-state index in [1.165, 1.54) is 0 Å². The van der Waals surface area contributed by atoms with E-state index in [1.807, 2.05) is 39.5 Å². The predicted molar refractivity (Wildman–Crippen MR) is 115 cm³/mol. The van der Waals surface area contributed by atoms with E-state index in [9.17, 15) is 9.59 Å². The molecular formula is C22H30N4O4. The summed E-state index contributed by atoms with van der Waals surface area (Å²) >= 11 is 0. The average Bonchev–Trinajstić information content (AvgIpc) is 3.14. The summed E-state index contributed by atoms with van der Waals surface area (Å²) in [4.78, 5) is 26.7. The summed E-state index contributed by atoms with van der Waals surface area (Å²) in [7, 11) is 0. The van der Waals surface area contributed by atoms with Crippen molar-refractivity contribution >= 4 is 23.4 Å². The summed E-state index contributed by atoms with van der Waals surface area (Å²) in [6.07, 6.45) is 0.0574. The molecule has 1 aliphatic rings. The lowest BCUT2D eigenvalue weighted by Crippen LogP contribution is -2.48. The number of nitrogens with zero attached hydrogens (tertiary/aromatic N) is 2. The van der Waals surface area contributed by atoms with Gasteiger partial charge >= 0.3 is 0 Å². The molecule has 30 heavy (non-hydrogen) atoms. The summed E-state index contributed by atoms with van der Waals surface area (Å²) in [6.45, 7) is 11.2. The largest absolute Gasteiger partial charge is 0.376 e. The molecule has 1 aliphatic heterocycles. The normalized spacial score (nSPS) is 19.4.